The number of anilines is 1. The fourth-order valence-electron chi connectivity index (χ4n) is 4.65. The summed E-state index contributed by atoms with van der Waals surface area (Å²) in [6.45, 7) is -0.104. The van der Waals surface area contributed by atoms with Crippen molar-refractivity contribution in [2.24, 2.45) is 0 Å². The number of sulfonamides is 1. The summed E-state index contributed by atoms with van der Waals surface area (Å²) in [6.07, 6.45) is -10.1. The molecule has 0 spiro atoms. The number of phenols is 2. The molecule has 0 saturated carbocycles. The lowest BCUT2D eigenvalue weighted by atomic mass is 10.1. The van der Waals surface area contributed by atoms with Crippen LogP contribution in [0.3, 0.4) is 0 Å². The van der Waals surface area contributed by atoms with Gasteiger partial charge in [-0.3, -0.25) is 0 Å². The number of rotatable bonds is 6. The van der Waals surface area contributed by atoms with E-state index in [0.29, 0.717) is 23.3 Å². The van der Waals surface area contributed by atoms with E-state index < -0.39 is 44.9 Å². The highest BCUT2D eigenvalue weighted by atomic mass is 32.2. The second-order valence-electron chi connectivity index (χ2n) is 9.99. The maximum Gasteiger partial charge on any atom is 0.416 e. The highest BCUT2D eigenvalue weighted by molar-refractivity contribution is 7.91. The zero-order valence-electron chi connectivity index (χ0n) is 23.3. The number of nitrogens with one attached hydrogen (secondary N) is 1. The molecule has 1 aromatic heterocycles. The first-order valence-corrected chi connectivity index (χ1v) is 16.0. The van der Waals surface area contributed by atoms with Crippen LogP contribution in [0.1, 0.15) is 11.1 Å². The molecule has 46 heavy (non-hydrogen) atoms. The molecule has 0 amide bonds. The van der Waals surface area contributed by atoms with Gasteiger partial charge in [-0.15, -0.1) is 11.3 Å². The van der Waals surface area contributed by atoms with Gasteiger partial charge in [0.2, 0.25) is 0 Å². The van der Waals surface area contributed by atoms with Crippen molar-refractivity contribution in [1.29, 1.82) is 0 Å². The standard InChI is InChI=1S/C29H23F6N3O5S3/c30-28(31,32)17-13-18(29(33,34)35)15-19(14-17)36-27(44)37-8-10-38(11-9-37)46(41,42)26-22(7-12-45-26)21-3-1-2-4-25(21)43-20-5-6-23(39)24(40)16-20/h1-7,12-16,39-40H,8-11H2,(H,36,44). The second kappa shape index (κ2) is 12.6. The van der Waals surface area contributed by atoms with Gasteiger partial charge < -0.3 is 25.2 Å². The molecule has 17 heteroatoms. The number of hydrogen-bond acceptors (Lipinski definition) is 7. The number of thiocarbonyl (C=S) groups is 1. The van der Waals surface area contributed by atoms with E-state index >= 15 is 0 Å². The van der Waals surface area contributed by atoms with Crippen LogP contribution in [0, 0.1) is 0 Å². The van der Waals surface area contributed by atoms with Crippen molar-refractivity contribution in [2.75, 3.05) is 31.5 Å². The summed E-state index contributed by atoms with van der Waals surface area (Å²) >= 11 is 6.24. The zero-order valence-corrected chi connectivity index (χ0v) is 25.7. The molecule has 2 heterocycles. The van der Waals surface area contributed by atoms with Gasteiger partial charge in [-0.2, -0.15) is 30.6 Å². The first-order valence-electron chi connectivity index (χ1n) is 13.3. The third kappa shape index (κ3) is 7.16. The summed E-state index contributed by atoms with van der Waals surface area (Å²) in [5, 5.41) is 23.3. The fraction of sp³-hybridized carbons (Fsp3) is 0.207. The first kappa shape index (κ1) is 33.3. The third-order valence-corrected chi connectivity index (χ3v) is 10.6. The highest BCUT2D eigenvalue weighted by Crippen LogP contribution is 2.42. The second-order valence-corrected chi connectivity index (χ2v) is 13.4. The van der Waals surface area contributed by atoms with E-state index in [2.05, 4.69) is 5.32 Å². The Labute approximate surface area is 268 Å². The molecule has 1 fully saturated rings. The molecule has 8 nitrogen and oxygen atoms in total. The van der Waals surface area contributed by atoms with Crippen LogP contribution >= 0.6 is 23.6 Å². The normalized spacial score (nSPS) is 14.7. The van der Waals surface area contributed by atoms with Crippen LogP contribution in [0.4, 0.5) is 32.0 Å². The Balaban J connectivity index is 1.31. The van der Waals surface area contributed by atoms with Gasteiger partial charge in [-0.05, 0) is 60.1 Å². The summed E-state index contributed by atoms with van der Waals surface area (Å²) < 4.78 is 114. The number of aromatic hydroxyl groups is 2. The van der Waals surface area contributed by atoms with Crippen LogP contribution < -0.4 is 10.1 Å². The number of hydrogen-bond donors (Lipinski definition) is 3. The van der Waals surface area contributed by atoms with Crippen molar-refractivity contribution >= 4 is 44.4 Å². The van der Waals surface area contributed by atoms with E-state index in [9.17, 15) is 45.0 Å². The number of thiophene rings is 1. The van der Waals surface area contributed by atoms with Gasteiger partial charge in [0, 0.05) is 49.1 Å². The molecule has 0 atom stereocenters. The van der Waals surface area contributed by atoms with Crippen molar-refractivity contribution in [3.63, 3.8) is 0 Å². The molecule has 5 rings (SSSR count). The highest BCUT2D eigenvalue weighted by Gasteiger charge is 2.37. The molecule has 1 aliphatic heterocycles. The average molecular weight is 704 g/mol. The van der Waals surface area contributed by atoms with Gasteiger partial charge >= 0.3 is 12.4 Å². The number of piperazine rings is 1. The van der Waals surface area contributed by atoms with Gasteiger partial charge in [0.1, 0.15) is 15.7 Å². The molecule has 1 aliphatic rings. The van der Waals surface area contributed by atoms with E-state index in [4.69, 9.17) is 17.0 Å². The first-order chi connectivity index (χ1) is 21.5. The molecule has 3 N–H and O–H groups in total. The topological polar surface area (TPSA) is 102 Å². The molecule has 0 unspecified atom stereocenters. The summed E-state index contributed by atoms with van der Waals surface area (Å²) in [6, 6.07) is 13.2. The lowest BCUT2D eigenvalue weighted by Gasteiger charge is -2.35. The number of para-hydroxylation sites is 1. The van der Waals surface area contributed by atoms with Crippen molar-refractivity contribution in [3.05, 3.63) is 83.2 Å². The SMILES string of the molecule is O=S(=O)(c1sccc1-c1ccccc1Oc1ccc(O)c(O)c1)N1CCN(C(=S)Nc2cc(C(F)(F)F)cc(C(F)(F)F)c2)CC1. The van der Waals surface area contributed by atoms with Crippen LogP contribution in [0.5, 0.6) is 23.0 Å². The predicted octanol–water partition coefficient (Wildman–Crippen LogP) is 7.36. The summed E-state index contributed by atoms with van der Waals surface area (Å²) in [5.74, 6) is -0.256. The van der Waals surface area contributed by atoms with Crippen LogP contribution in [0.2, 0.25) is 0 Å². The van der Waals surface area contributed by atoms with Gasteiger partial charge in [0.25, 0.3) is 10.0 Å². The molecule has 0 radical (unpaired) electrons. The quantitative estimate of drug-likeness (QED) is 0.109. The van der Waals surface area contributed by atoms with Gasteiger partial charge in [-0.25, -0.2) is 8.42 Å². The average Bonchev–Trinajstić information content (AvgIpc) is 3.49. The fourth-order valence-corrected chi connectivity index (χ4v) is 7.88. The molecule has 244 valence electrons. The molecule has 3 aromatic carbocycles. The zero-order chi connectivity index (χ0) is 33.4. The lowest BCUT2D eigenvalue weighted by Crippen LogP contribution is -2.51. The van der Waals surface area contributed by atoms with Crippen molar-refractivity contribution in [1.82, 2.24) is 9.21 Å². The maximum atomic E-state index is 13.8. The monoisotopic (exact) mass is 703 g/mol. The van der Waals surface area contributed by atoms with E-state index in [-0.39, 0.29) is 58.8 Å². The molecule has 4 aromatic rings. The number of benzene rings is 3. The molecular weight excluding hydrogens is 681 g/mol. The van der Waals surface area contributed by atoms with Gasteiger partial charge in [0.15, 0.2) is 16.6 Å². The van der Waals surface area contributed by atoms with Gasteiger partial charge in [-0.1, -0.05) is 18.2 Å². The Bertz CT molecular complexity index is 1840. The van der Waals surface area contributed by atoms with Crippen LogP contribution in [-0.2, 0) is 22.4 Å². The third-order valence-electron chi connectivity index (χ3n) is 6.92. The largest absolute Gasteiger partial charge is 0.504 e. The Morgan fingerprint density at radius 2 is 1.46 bits per heavy atom. The Kier molecular flexibility index (Phi) is 9.14. The van der Waals surface area contributed by atoms with E-state index in [1.165, 1.54) is 27.4 Å². The summed E-state index contributed by atoms with van der Waals surface area (Å²) in [5.41, 5.74) is -2.70. The van der Waals surface area contributed by atoms with Crippen molar-refractivity contribution < 1.29 is 49.7 Å². The summed E-state index contributed by atoms with van der Waals surface area (Å²) in [4.78, 5) is 1.46. The minimum Gasteiger partial charge on any atom is -0.504 e. The Morgan fingerprint density at radius 1 is 0.826 bits per heavy atom. The molecular formula is C29H23F6N3O5S3. The minimum absolute atomic E-state index is 0.0133. The minimum atomic E-state index is -5.03. The van der Waals surface area contributed by atoms with E-state index in [0.717, 1.165) is 11.3 Å². The van der Waals surface area contributed by atoms with Crippen molar-refractivity contribution in [3.8, 4) is 34.1 Å². The predicted molar refractivity (Wildman–Crippen MR) is 163 cm³/mol. The van der Waals surface area contributed by atoms with Gasteiger partial charge in [0.05, 0.1) is 11.1 Å². The molecule has 0 aliphatic carbocycles. The smallest absolute Gasteiger partial charge is 0.416 e. The number of nitrogens with zero attached hydrogens (tertiary/aromatic N) is 2. The Hall–Kier alpha value is -4.06. The van der Waals surface area contributed by atoms with Crippen LogP contribution in [0.15, 0.2) is 76.3 Å². The number of halogens is 6. The number of ether oxygens (including phenoxy) is 1. The molecule has 0 bridgehead atoms. The van der Waals surface area contributed by atoms with E-state index in [1.54, 1.807) is 35.7 Å². The Morgan fingerprint density at radius 3 is 2.07 bits per heavy atom. The number of phenolic OH excluding ortho intramolecular Hbond substituents is 2. The van der Waals surface area contributed by atoms with E-state index in [1.807, 2.05) is 0 Å². The van der Waals surface area contributed by atoms with Crippen LogP contribution in [-0.4, -0.2) is 59.1 Å². The lowest BCUT2D eigenvalue weighted by molar-refractivity contribution is -0.143. The maximum absolute atomic E-state index is 13.8. The summed E-state index contributed by atoms with van der Waals surface area (Å²) in [7, 11) is -4.07. The van der Waals surface area contributed by atoms with Crippen molar-refractivity contribution in [2.45, 2.75) is 16.6 Å². The van der Waals surface area contributed by atoms with Crippen LogP contribution in [0.25, 0.3) is 11.1 Å². The molecule has 1 saturated heterocycles. The number of alkyl halides is 6.